The fourth-order valence-electron chi connectivity index (χ4n) is 4.48. The van der Waals surface area contributed by atoms with Crippen LogP contribution in [0.2, 0.25) is 0 Å². The molecule has 1 aliphatic rings. The summed E-state index contributed by atoms with van der Waals surface area (Å²) in [4.78, 5) is 27.2. The number of nitrogens with zero attached hydrogens (tertiary/aromatic N) is 4. The maximum atomic E-state index is 14.8. The van der Waals surface area contributed by atoms with Crippen molar-refractivity contribution >= 4 is 23.1 Å². The summed E-state index contributed by atoms with van der Waals surface area (Å²) in [7, 11) is 2.01. The summed E-state index contributed by atoms with van der Waals surface area (Å²) in [5, 5.41) is 16.5. The first-order valence-electron chi connectivity index (χ1n) is 13.2. The highest BCUT2D eigenvalue weighted by atomic mass is 19.4. The molecular formula is C29H31F4N7O2. The lowest BCUT2D eigenvalue weighted by Gasteiger charge is -2.22. The van der Waals surface area contributed by atoms with E-state index >= 15 is 0 Å². The second-order valence-corrected chi connectivity index (χ2v) is 9.98. The molecule has 3 N–H and O–H groups in total. The molecule has 0 aliphatic carbocycles. The van der Waals surface area contributed by atoms with Gasteiger partial charge in [0.25, 0.3) is 5.56 Å². The highest BCUT2D eigenvalue weighted by Crippen LogP contribution is 2.33. The molecule has 222 valence electrons. The molecule has 1 unspecified atom stereocenters. The first-order chi connectivity index (χ1) is 19.9. The molecule has 2 aromatic heterocycles. The van der Waals surface area contributed by atoms with Crippen LogP contribution in [0, 0.1) is 18.7 Å². The van der Waals surface area contributed by atoms with Crippen molar-refractivity contribution in [3.8, 4) is 11.3 Å². The number of anilines is 3. The molecule has 13 heteroatoms. The van der Waals surface area contributed by atoms with Crippen molar-refractivity contribution in [3.63, 3.8) is 0 Å². The number of halogens is 4. The molecule has 1 amide bonds. The van der Waals surface area contributed by atoms with E-state index in [1.165, 1.54) is 36.4 Å². The monoisotopic (exact) mass is 585 g/mol. The van der Waals surface area contributed by atoms with Crippen LogP contribution < -0.4 is 16.2 Å². The Hall–Kier alpha value is -4.52. The molecule has 4 rings (SSSR count). The zero-order valence-corrected chi connectivity index (χ0v) is 23.5. The Morgan fingerprint density at radius 3 is 2.67 bits per heavy atom. The maximum Gasteiger partial charge on any atom is 0.395 e. The van der Waals surface area contributed by atoms with E-state index in [2.05, 4.69) is 30.8 Å². The van der Waals surface area contributed by atoms with Gasteiger partial charge in [-0.25, -0.2) is 9.49 Å². The van der Waals surface area contributed by atoms with Crippen molar-refractivity contribution in [1.82, 2.24) is 24.9 Å². The number of rotatable bonds is 8. The average Bonchev–Trinajstić information content (AvgIpc) is 3.32. The number of nitrogens with one attached hydrogen (secondary N) is 3. The molecule has 0 bridgehead atoms. The van der Waals surface area contributed by atoms with E-state index in [0.717, 1.165) is 44.4 Å². The lowest BCUT2D eigenvalue weighted by molar-refractivity contribution is -0.158. The predicted octanol–water partition coefficient (Wildman–Crippen LogP) is 5.47. The second kappa shape index (κ2) is 12.6. The topological polar surface area (TPSA) is 108 Å². The Balaban J connectivity index is 1.55. The SMILES string of the molecule is C\C=C/C(=C\C=C\C(=O)Nc1c(F)ccc(-c2cc(Nc3cc4n(n3)CCN(C)C4)c(=O)[nH]n2)c1C)C(C)C(F)(F)F. The third-order valence-corrected chi connectivity index (χ3v) is 6.88. The van der Waals surface area contributed by atoms with E-state index in [1.807, 2.05) is 17.8 Å². The molecule has 3 aromatic rings. The minimum atomic E-state index is -4.44. The van der Waals surface area contributed by atoms with Crippen LogP contribution in [-0.2, 0) is 17.9 Å². The Morgan fingerprint density at radius 2 is 1.95 bits per heavy atom. The number of fused-ring (bicyclic) bond motifs is 1. The zero-order valence-electron chi connectivity index (χ0n) is 23.5. The van der Waals surface area contributed by atoms with E-state index < -0.39 is 29.4 Å². The van der Waals surface area contributed by atoms with Gasteiger partial charge in [-0.05, 0) is 57.2 Å². The van der Waals surface area contributed by atoms with Gasteiger partial charge in [0.15, 0.2) is 5.82 Å². The second-order valence-electron chi connectivity index (χ2n) is 9.98. The molecule has 3 heterocycles. The summed E-state index contributed by atoms with van der Waals surface area (Å²) in [6.45, 7) is 6.50. The van der Waals surface area contributed by atoms with Gasteiger partial charge in [0.2, 0.25) is 5.91 Å². The molecule has 9 nitrogen and oxygen atoms in total. The number of aromatic amines is 1. The number of likely N-dealkylation sites (N-methyl/N-ethyl adjacent to an activating group) is 1. The van der Waals surface area contributed by atoms with Crippen LogP contribution in [0.5, 0.6) is 0 Å². The van der Waals surface area contributed by atoms with Gasteiger partial charge in [-0.2, -0.15) is 23.4 Å². The lowest BCUT2D eigenvalue weighted by Crippen LogP contribution is -2.30. The Morgan fingerprint density at radius 1 is 1.19 bits per heavy atom. The largest absolute Gasteiger partial charge is 0.395 e. The summed E-state index contributed by atoms with van der Waals surface area (Å²) in [5.41, 5.74) is 1.62. The number of alkyl halides is 3. The molecule has 1 aliphatic heterocycles. The summed E-state index contributed by atoms with van der Waals surface area (Å²) in [6.07, 6.45) is 1.72. The zero-order chi connectivity index (χ0) is 30.6. The van der Waals surface area contributed by atoms with E-state index in [4.69, 9.17) is 0 Å². The van der Waals surface area contributed by atoms with Crippen LogP contribution in [0.3, 0.4) is 0 Å². The molecule has 0 saturated heterocycles. The van der Waals surface area contributed by atoms with E-state index in [0.29, 0.717) is 22.6 Å². The third-order valence-electron chi connectivity index (χ3n) is 6.88. The third kappa shape index (κ3) is 7.03. The van der Waals surface area contributed by atoms with E-state index in [1.54, 1.807) is 13.8 Å². The highest BCUT2D eigenvalue weighted by molar-refractivity contribution is 6.00. The standard InChI is InChI=1S/C29H31F4N7O2/c1-5-7-19(18(3)29(31,32)33)8-6-9-26(41)35-27-17(2)21(10-11-22(27)30)23-15-24(28(42)37-36-23)34-25-14-20-16-39(4)12-13-40(20)38-25/h5-11,14-15,18H,12-13,16H2,1-4H3,(H,35,41)(H,37,42)(H,34,36,38)/b7-5-,9-6+,19-8+. The Kier molecular flexibility index (Phi) is 9.10. The number of amides is 1. The van der Waals surface area contributed by atoms with Crippen LogP contribution in [0.1, 0.15) is 25.1 Å². The van der Waals surface area contributed by atoms with Crippen molar-refractivity contribution in [3.05, 3.63) is 87.6 Å². The molecule has 42 heavy (non-hydrogen) atoms. The van der Waals surface area contributed by atoms with Gasteiger partial charge in [0.05, 0.1) is 29.5 Å². The molecule has 0 radical (unpaired) electrons. The van der Waals surface area contributed by atoms with Gasteiger partial charge in [0, 0.05) is 30.8 Å². The van der Waals surface area contributed by atoms with Crippen molar-refractivity contribution in [2.75, 3.05) is 24.2 Å². The number of carbonyl (C=O) groups is 1. The predicted molar refractivity (Wildman–Crippen MR) is 153 cm³/mol. The van der Waals surface area contributed by atoms with Gasteiger partial charge in [-0.15, -0.1) is 0 Å². The van der Waals surface area contributed by atoms with Crippen LogP contribution in [0.15, 0.2) is 65.0 Å². The summed E-state index contributed by atoms with van der Waals surface area (Å²) in [6, 6.07) is 5.98. The normalized spacial score (nSPS) is 15.3. The summed E-state index contributed by atoms with van der Waals surface area (Å²) in [5.74, 6) is -2.70. The van der Waals surface area contributed by atoms with Crippen LogP contribution >= 0.6 is 0 Å². The number of benzene rings is 1. The average molecular weight is 586 g/mol. The minimum Gasteiger partial charge on any atom is -0.334 e. The first-order valence-corrected chi connectivity index (χ1v) is 13.2. The Labute approximate surface area is 239 Å². The van der Waals surface area contributed by atoms with Gasteiger partial charge in [-0.1, -0.05) is 24.3 Å². The fraction of sp³-hybridized carbons (Fsp3) is 0.310. The number of hydrogen-bond donors (Lipinski definition) is 3. The highest BCUT2D eigenvalue weighted by Gasteiger charge is 2.37. The molecular weight excluding hydrogens is 554 g/mol. The number of allylic oxidation sites excluding steroid dienone is 5. The maximum absolute atomic E-state index is 14.8. The van der Waals surface area contributed by atoms with Crippen LogP contribution in [0.4, 0.5) is 34.8 Å². The number of carbonyl (C=O) groups excluding carboxylic acids is 1. The minimum absolute atomic E-state index is 0.0324. The molecule has 0 spiro atoms. The number of H-pyrrole nitrogens is 1. The van der Waals surface area contributed by atoms with Crippen molar-refractivity contribution in [2.24, 2.45) is 5.92 Å². The molecule has 1 aromatic carbocycles. The quantitative estimate of drug-likeness (QED) is 0.184. The number of aromatic nitrogens is 4. The van der Waals surface area contributed by atoms with Crippen LogP contribution in [0.25, 0.3) is 11.3 Å². The van der Waals surface area contributed by atoms with Crippen molar-refractivity contribution < 1.29 is 22.4 Å². The van der Waals surface area contributed by atoms with Gasteiger partial charge in [-0.3, -0.25) is 19.2 Å². The van der Waals surface area contributed by atoms with Gasteiger partial charge >= 0.3 is 6.18 Å². The summed E-state index contributed by atoms with van der Waals surface area (Å²) >= 11 is 0. The fourth-order valence-corrected chi connectivity index (χ4v) is 4.48. The van der Waals surface area contributed by atoms with Gasteiger partial charge < -0.3 is 10.6 Å². The summed E-state index contributed by atoms with van der Waals surface area (Å²) < 4.78 is 56.0. The van der Waals surface area contributed by atoms with Crippen molar-refractivity contribution in [1.29, 1.82) is 0 Å². The van der Waals surface area contributed by atoms with Crippen molar-refractivity contribution in [2.45, 2.75) is 40.0 Å². The first kappa shape index (κ1) is 30.4. The van der Waals surface area contributed by atoms with Crippen LogP contribution in [-0.4, -0.2) is 50.6 Å². The molecule has 0 fully saturated rings. The van der Waals surface area contributed by atoms with E-state index in [9.17, 15) is 27.2 Å². The van der Waals surface area contributed by atoms with Gasteiger partial charge in [0.1, 0.15) is 11.5 Å². The number of hydrogen-bond acceptors (Lipinski definition) is 6. The molecule has 0 saturated carbocycles. The lowest BCUT2D eigenvalue weighted by atomic mass is 9.99. The van der Waals surface area contributed by atoms with E-state index in [-0.39, 0.29) is 16.9 Å². The Bertz CT molecular complexity index is 1620. The molecule has 1 atom stereocenters. The smallest absolute Gasteiger partial charge is 0.334 e.